The molecule has 0 aromatic carbocycles. The van der Waals surface area contributed by atoms with Gasteiger partial charge in [0.05, 0.1) is 23.9 Å². The largest absolute Gasteiger partial charge is 0.371 e. The van der Waals surface area contributed by atoms with E-state index in [1.807, 2.05) is 38.2 Å². The number of hydrogen-bond donors (Lipinski definition) is 1. The van der Waals surface area contributed by atoms with Gasteiger partial charge in [-0.25, -0.2) is 4.98 Å². The number of aryl methyl sites for hydroxylation is 2. The van der Waals surface area contributed by atoms with Gasteiger partial charge in [-0.1, -0.05) is 11.2 Å². The van der Waals surface area contributed by atoms with Gasteiger partial charge in [-0.2, -0.15) is 0 Å². The van der Waals surface area contributed by atoms with E-state index in [1.54, 1.807) is 0 Å². The maximum absolute atomic E-state index is 6.23. The van der Waals surface area contributed by atoms with E-state index in [2.05, 4.69) is 20.4 Å². The Morgan fingerprint density at radius 1 is 1.38 bits per heavy atom. The van der Waals surface area contributed by atoms with Crippen molar-refractivity contribution in [1.29, 1.82) is 0 Å². The fourth-order valence-electron chi connectivity index (χ4n) is 3.89. The maximum atomic E-state index is 6.23. The molecule has 2 fully saturated rings. The van der Waals surface area contributed by atoms with Crippen molar-refractivity contribution in [3.05, 3.63) is 41.4 Å². The molecule has 1 spiro atoms. The summed E-state index contributed by atoms with van der Waals surface area (Å²) in [5.41, 5.74) is 2.19. The van der Waals surface area contributed by atoms with E-state index in [0.29, 0.717) is 6.04 Å². The molecule has 6 nitrogen and oxygen atoms in total. The Bertz CT molecular complexity index is 683. The number of ether oxygens (including phenoxy) is 1. The van der Waals surface area contributed by atoms with Gasteiger partial charge in [0.25, 0.3) is 0 Å². The lowest BCUT2D eigenvalue weighted by atomic mass is 9.97. The molecule has 6 heteroatoms. The lowest BCUT2D eigenvalue weighted by molar-refractivity contribution is 0.0119. The van der Waals surface area contributed by atoms with Crippen LogP contribution < -0.4 is 5.32 Å². The normalized spacial score (nSPS) is 27.2. The Morgan fingerprint density at radius 2 is 2.29 bits per heavy atom. The van der Waals surface area contributed by atoms with Crippen molar-refractivity contribution in [3.8, 4) is 0 Å². The molecule has 128 valence electrons. The third-order valence-electron chi connectivity index (χ3n) is 5.18. The number of rotatable bonds is 4. The smallest absolute Gasteiger partial charge is 0.138 e. The molecule has 0 radical (unpaired) electrons. The summed E-state index contributed by atoms with van der Waals surface area (Å²) in [6.45, 7) is 7.66. The standard InChI is InChI=1S/C18H24N4O2/c1-13-16(14(2)24-21-13)10-22-8-6-18(12-22)9-15(11-23-18)20-17-5-3-4-7-19-17/h3-5,7,15H,6,8-12H2,1-2H3,(H,19,20)/t15-,18-/m1/s1. The van der Waals surface area contributed by atoms with E-state index >= 15 is 0 Å². The Labute approximate surface area is 142 Å². The van der Waals surface area contributed by atoms with Crippen LogP contribution in [0.5, 0.6) is 0 Å². The van der Waals surface area contributed by atoms with Crippen molar-refractivity contribution in [2.45, 2.75) is 44.9 Å². The molecule has 0 bridgehead atoms. The summed E-state index contributed by atoms with van der Waals surface area (Å²) in [6.07, 6.45) is 3.92. The van der Waals surface area contributed by atoms with Gasteiger partial charge < -0.3 is 14.6 Å². The van der Waals surface area contributed by atoms with Gasteiger partial charge in [0.1, 0.15) is 11.6 Å². The van der Waals surface area contributed by atoms with Crippen LogP contribution in [0.25, 0.3) is 0 Å². The predicted molar refractivity (Wildman–Crippen MR) is 90.8 cm³/mol. The highest BCUT2D eigenvalue weighted by Crippen LogP contribution is 2.36. The first kappa shape index (κ1) is 15.6. The van der Waals surface area contributed by atoms with Gasteiger partial charge in [0, 0.05) is 37.8 Å². The Kier molecular flexibility index (Phi) is 4.02. The van der Waals surface area contributed by atoms with Gasteiger partial charge in [-0.05, 0) is 32.4 Å². The number of pyridine rings is 1. The molecule has 2 aliphatic rings. The molecule has 24 heavy (non-hydrogen) atoms. The molecule has 2 aromatic rings. The molecular formula is C18H24N4O2. The van der Waals surface area contributed by atoms with Crippen LogP contribution in [0, 0.1) is 13.8 Å². The number of hydrogen-bond acceptors (Lipinski definition) is 6. The first-order valence-corrected chi connectivity index (χ1v) is 8.59. The van der Waals surface area contributed by atoms with Gasteiger partial charge >= 0.3 is 0 Å². The molecule has 4 rings (SSSR count). The van der Waals surface area contributed by atoms with Crippen LogP contribution in [0.15, 0.2) is 28.9 Å². The highest BCUT2D eigenvalue weighted by atomic mass is 16.5. The maximum Gasteiger partial charge on any atom is 0.138 e. The molecule has 2 saturated heterocycles. The highest BCUT2D eigenvalue weighted by Gasteiger charge is 2.45. The summed E-state index contributed by atoms with van der Waals surface area (Å²) in [7, 11) is 0. The molecule has 4 heterocycles. The third kappa shape index (κ3) is 3.03. The zero-order valence-corrected chi connectivity index (χ0v) is 14.3. The third-order valence-corrected chi connectivity index (χ3v) is 5.18. The van der Waals surface area contributed by atoms with Crippen LogP contribution in [0.1, 0.15) is 29.9 Å². The van der Waals surface area contributed by atoms with Crippen LogP contribution >= 0.6 is 0 Å². The van der Waals surface area contributed by atoms with E-state index in [0.717, 1.165) is 56.4 Å². The second kappa shape index (κ2) is 6.18. The number of nitrogens with one attached hydrogen (secondary N) is 1. The minimum Gasteiger partial charge on any atom is -0.371 e. The Balaban J connectivity index is 1.36. The summed E-state index contributed by atoms with van der Waals surface area (Å²) in [5.74, 6) is 1.85. The van der Waals surface area contributed by atoms with E-state index in [1.165, 1.54) is 5.56 Å². The Hall–Kier alpha value is -1.92. The molecule has 2 aromatic heterocycles. The molecular weight excluding hydrogens is 304 g/mol. The van der Waals surface area contributed by atoms with Crippen molar-refractivity contribution in [3.63, 3.8) is 0 Å². The second-order valence-corrected chi connectivity index (χ2v) is 7.02. The molecule has 0 saturated carbocycles. The van der Waals surface area contributed by atoms with E-state index in [4.69, 9.17) is 9.26 Å². The summed E-state index contributed by atoms with van der Waals surface area (Å²) < 4.78 is 11.5. The zero-order valence-electron chi connectivity index (χ0n) is 14.3. The number of nitrogens with zero attached hydrogens (tertiary/aromatic N) is 3. The quantitative estimate of drug-likeness (QED) is 0.930. The molecule has 0 amide bonds. The summed E-state index contributed by atoms with van der Waals surface area (Å²) in [5, 5.41) is 7.55. The lowest BCUT2D eigenvalue weighted by Gasteiger charge is -2.23. The van der Waals surface area contributed by atoms with Crippen LogP contribution in [0.3, 0.4) is 0 Å². The second-order valence-electron chi connectivity index (χ2n) is 7.02. The molecule has 1 N–H and O–H groups in total. The van der Waals surface area contributed by atoms with Gasteiger partial charge in [0.15, 0.2) is 0 Å². The summed E-state index contributed by atoms with van der Waals surface area (Å²) in [6, 6.07) is 6.27. The van der Waals surface area contributed by atoms with Crippen LogP contribution in [0.4, 0.5) is 5.82 Å². The average Bonchev–Trinajstić information content (AvgIpc) is 3.26. The van der Waals surface area contributed by atoms with E-state index in [9.17, 15) is 0 Å². The van der Waals surface area contributed by atoms with Gasteiger partial charge in [-0.15, -0.1) is 0 Å². The lowest BCUT2D eigenvalue weighted by Crippen LogP contribution is -2.33. The predicted octanol–water partition coefficient (Wildman–Crippen LogP) is 2.53. The minimum absolute atomic E-state index is 0.0224. The zero-order chi connectivity index (χ0) is 16.6. The molecule has 2 atom stereocenters. The van der Waals surface area contributed by atoms with E-state index < -0.39 is 0 Å². The Morgan fingerprint density at radius 3 is 3.04 bits per heavy atom. The number of likely N-dealkylation sites (tertiary alicyclic amines) is 1. The monoisotopic (exact) mass is 328 g/mol. The van der Waals surface area contributed by atoms with E-state index in [-0.39, 0.29) is 5.60 Å². The van der Waals surface area contributed by atoms with Crippen molar-refractivity contribution in [2.24, 2.45) is 0 Å². The number of anilines is 1. The minimum atomic E-state index is -0.0224. The molecule has 2 aliphatic heterocycles. The fraction of sp³-hybridized carbons (Fsp3) is 0.556. The van der Waals surface area contributed by atoms with Gasteiger partial charge in [-0.3, -0.25) is 4.90 Å². The van der Waals surface area contributed by atoms with Crippen molar-refractivity contribution in [1.82, 2.24) is 15.0 Å². The number of aromatic nitrogens is 2. The average molecular weight is 328 g/mol. The first-order valence-electron chi connectivity index (χ1n) is 8.59. The van der Waals surface area contributed by atoms with Crippen LogP contribution in [-0.4, -0.2) is 46.4 Å². The van der Waals surface area contributed by atoms with Crippen LogP contribution in [0.2, 0.25) is 0 Å². The highest BCUT2D eigenvalue weighted by molar-refractivity contribution is 5.35. The summed E-state index contributed by atoms with van der Waals surface area (Å²) in [4.78, 5) is 6.80. The summed E-state index contributed by atoms with van der Waals surface area (Å²) >= 11 is 0. The molecule has 0 unspecified atom stereocenters. The fourth-order valence-corrected chi connectivity index (χ4v) is 3.89. The van der Waals surface area contributed by atoms with Crippen molar-refractivity contribution < 1.29 is 9.26 Å². The van der Waals surface area contributed by atoms with Crippen molar-refractivity contribution in [2.75, 3.05) is 25.0 Å². The topological polar surface area (TPSA) is 63.4 Å². The van der Waals surface area contributed by atoms with Gasteiger partial charge in [0.2, 0.25) is 0 Å². The van der Waals surface area contributed by atoms with Crippen molar-refractivity contribution >= 4 is 5.82 Å². The SMILES string of the molecule is Cc1noc(C)c1CN1CC[C@@]2(C[C@@H](Nc3ccccn3)CO2)C1. The van der Waals surface area contributed by atoms with Crippen LogP contribution in [-0.2, 0) is 11.3 Å². The molecule has 0 aliphatic carbocycles. The first-order chi connectivity index (χ1) is 11.6.